The van der Waals surface area contributed by atoms with Crippen LogP contribution in [0.5, 0.6) is 11.5 Å². The largest absolute Gasteiger partial charge is 0.507 e. The molecule has 1 aliphatic rings. The standard InChI is InChI=1S/C27H35N2O7P/c1-5-21-18(3)23-16-35-27(33)24(23)25(30)22(21)12-11-17(2)15-28-13-14-37(34,29-19(4)26(31)32)36-20-9-7-6-8-10-20/h6-11,19,28,30H,5,12-16H2,1-4H3,(H,29,34)(H,31,32)/b17-11+/t19-,37?/m0/s1. The number of nitrogens with one attached hydrogen (secondary N) is 2. The van der Waals surface area contributed by atoms with Gasteiger partial charge in [-0.3, -0.25) is 9.36 Å². The van der Waals surface area contributed by atoms with E-state index in [4.69, 9.17) is 9.26 Å². The fourth-order valence-corrected chi connectivity index (χ4v) is 6.23. The number of hydrogen-bond acceptors (Lipinski definition) is 7. The van der Waals surface area contributed by atoms with Crippen molar-refractivity contribution in [3.8, 4) is 11.5 Å². The van der Waals surface area contributed by atoms with Gasteiger partial charge in [0.15, 0.2) is 0 Å². The van der Waals surface area contributed by atoms with Crippen LogP contribution in [0.15, 0.2) is 42.0 Å². The average molecular weight is 531 g/mol. The number of esters is 1. The van der Waals surface area contributed by atoms with E-state index in [-0.39, 0.29) is 24.1 Å². The van der Waals surface area contributed by atoms with Gasteiger partial charge in [-0.25, -0.2) is 9.88 Å². The van der Waals surface area contributed by atoms with Gasteiger partial charge in [0, 0.05) is 24.2 Å². The second-order valence-electron chi connectivity index (χ2n) is 9.14. The summed E-state index contributed by atoms with van der Waals surface area (Å²) >= 11 is 0. The maximum atomic E-state index is 13.4. The predicted octanol–water partition coefficient (Wildman–Crippen LogP) is 4.35. The molecule has 9 nitrogen and oxygen atoms in total. The number of aromatic hydroxyl groups is 1. The van der Waals surface area contributed by atoms with Crippen LogP contribution in [-0.2, 0) is 33.5 Å². The summed E-state index contributed by atoms with van der Waals surface area (Å²) in [5.41, 5.74) is 4.75. The zero-order valence-electron chi connectivity index (χ0n) is 21.7. The number of carboxylic acid groups (broad SMARTS) is 1. The van der Waals surface area contributed by atoms with Crippen molar-refractivity contribution in [3.05, 3.63) is 69.8 Å². The lowest BCUT2D eigenvalue weighted by Crippen LogP contribution is -2.35. The molecule has 10 heteroatoms. The monoisotopic (exact) mass is 530 g/mol. The van der Waals surface area contributed by atoms with Gasteiger partial charge in [0.05, 0.1) is 6.16 Å². The SMILES string of the molecule is CCc1c(C)c2c(c(O)c1C/C=C(\C)CNCCP(=O)(N[C@@H](C)C(=O)O)Oc1ccccc1)C(=O)OC2. The number of benzene rings is 2. The van der Waals surface area contributed by atoms with Crippen LogP contribution in [0, 0.1) is 6.92 Å². The maximum Gasteiger partial charge on any atom is 0.342 e. The Morgan fingerprint density at radius 3 is 2.62 bits per heavy atom. The molecule has 0 saturated heterocycles. The molecule has 2 atom stereocenters. The summed E-state index contributed by atoms with van der Waals surface area (Å²) < 4.78 is 24.2. The number of rotatable bonds is 13. The van der Waals surface area contributed by atoms with Crippen molar-refractivity contribution in [3.63, 3.8) is 0 Å². The molecular weight excluding hydrogens is 495 g/mol. The van der Waals surface area contributed by atoms with Crippen molar-refractivity contribution in [2.45, 2.75) is 53.2 Å². The first kappa shape index (κ1) is 28.4. The van der Waals surface area contributed by atoms with E-state index in [9.17, 15) is 24.4 Å². The normalized spacial score (nSPS) is 15.6. The molecule has 0 amide bonds. The van der Waals surface area contributed by atoms with E-state index in [2.05, 4.69) is 10.4 Å². The number of carbonyl (C=O) groups is 2. The number of phenols is 1. The predicted molar refractivity (Wildman–Crippen MR) is 141 cm³/mol. The summed E-state index contributed by atoms with van der Waals surface area (Å²) in [5, 5.41) is 25.9. The van der Waals surface area contributed by atoms with Crippen molar-refractivity contribution in [1.82, 2.24) is 10.4 Å². The first-order chi connectivity index (χ1) is 17.6. The summed E-state index contributed by atoms with van der Waals surface area (Å²) in [4.78, 5) is 23.4. The van der Waals surface area contributed by atoms with Crippen molar-refractivity contribution >= 4 is 19.5 Å². The molecule has 0 spiro atoms. The van der Waals surface area contributed by atoms with E-state index >= 15 is 0 Å². The minimum atomic E-state index is -3.50. The van der Waals surface area contributed by atoms with Gasteiger partial charge >= 0.3 is 19.5 Å². The van der Waals surface area contributed by atoms with E-state index in [1.165, 1.54) is 6.92 Å². The number of allylic oxidation sites excluding steroid dienone is 1. The average Bonchev–Trinajstić information content (AvgIpc) is 3.25. The maximum absolute atomic E-state index is 13.4. The molecule has 0 radical (unpaired) electrons. The Kier molecular flexibility index (Phi) is 9.54. The third-order valence-corrected chi connectivity index (χ3v) is 8.50. The first-order valence-electron chi connectivity index (χ1n) is 12.3. The Morgan fingerprint density at radius 1 is 1.27 bits per heavy atom. The minimum Gasteiger partial charge on any atom is -0.507 e. The Hall–Kier alpha value is -3.13. The second kappa shape index (κ2) is 12.4. The highest BCUT2D eigenvalue weighted by atomic mass is 31.2. The van der Waals surface area contributed by atoms with Gasteiger partial charge < -0.3 is 24.8 Å². The molecule has 3 rings (SSSR count). The van der Waals surface area contributed by atoms with Gasteiger partial charge in [-0.15, -0.1) is 0 Å². The number of ether oxygens (including phenoxy) is 1. The minimum absolute atomic E-state index is 0.00502. The zero-order valence-corrected chi connectivity index (χ0v) is 22.6. The van der Waals surface area contributed by atoms with Gasteiger partial charge in [0.1, 0.15) is 29.7 Å². The number of phenolic OH excluding ortho intramolecular Hbond substituents is 1. The lowest BCUT2D eigenvalue weighted by molar-refractivity contribution is -0.138. The topological polar surface area (TPSA) is 134 Å². The Labute approximate surface area is 217 Å². The molecule has 4 N–H and O–H groups in total. The highest BCUT2D eigenvalue weighted by Gasteiger charge is 2.31. The Morgan fingerprint density at radius 2 is 1.97 bits per heavy atom. The van der Waals surface area contributed by atoms with Crippen LogP contribution in [0.1, 0.15) is 53.4 Å². The van der Waals surface area contributed by atoms with E-state index in [1.54, 1.807) is 30.3 Å². The summed E-state index contributed by atoms with van der Waals surface area (Å²) in [5.74, 6) is -1.22. The fraction of sp³-hybridized carbons (Fsp3) is 0.407. The number of carbonyl (C=O) groups excluding carboxylic acids is 1. The lowest BCUT2D eigenvalue weighted by atomic mass is 9.89. The zero-order chi connectivity index (χ0) is 27.2. The quantitative estimate of drug-likeness (QED) is 0.129. The van der Waals surface area contributed by atoms with E-state index < -0.39 is 25.5 Å². The molecule has 0 fully saturated rings. The highest BCUT2D eigenvalue weighted by molar-refractivity contribution is 7.57. The van der Waals surface area contributed by atoms with Gasteiger partial charge in [-0.05, 0) is 56.9 Å². The summed E-state index contributed by atoms with van der Waals surface area (Å²) in [6, 6.07) is 7.60. The second-order valence-corrected chi connectivity index (χ2v) is 11.4. The molecule has 2 aromatic rings. The van der Waals surface area contributed by atoms with Crippen molar-refractivity contribution in [2.24, 2.45) is 0 Å². The molecule has 37 heavy (non-hydrogen) atoms. The van der Waals surface area contributed by atoms with Crippen molar-refractivity contribution in [1.29, 1.82) is 0 Å². The van der Waals surface area contributed by atoms with Gasteiger partial charge in [0.2, 0.25) is 0 Å². The molecule has 0 saturated carbocycles. The summed E-state index contributed by atoms with van der Waals surface area (Å²) in [6.45, 7) is 8.34. The van der Waals surface area contributed by atoms with E-state index in [1.807, 2.05) is 26.8 Å². The number of fused-ring (bicyclic) bond motifs is 1. The van der Waals surface area contributed by atoms with E-state index in [0.717, 1.165) is 34.2 Å². The van der Waals surface area contributed by atoms with Crippen LogP contribution in [0.2, 0.25) is 0 Å². The summed E-state index contributed by atoms with van der Waals surface area (Å²) in [6.07, 6.45) is 3.24. The van der Waals surface area contributed by atoms with Crippen molar-refractivity contribution < 1.29 is 33.6 Å². The van der Waals surface area contributed by atoms with Crippen LogP contribution in [0.4, 0.5) is 0 Å². The number of carboxylic acids is 1. The number of aliphatic carboxylic acids is 1. The molecule has 0 aromatic heterocycles. The van der Waals surface area contributed by atoms with Gasteiger partial charge in [-0.2, -0.15) is 0 Å². The number of para-hydroxylation sites is 1. The van der Waals surface area contributed by atoms with E-state index in [0.29, 0.717) is 25.3 Å². The molecule has 200 valence electrons. The van der Waals surface area contributed by atoms with Crippen LogP contribution < -0.4 is 14.9 Å². The Bertz CT molecular complexity index is 1230. The smallest absolute Gasteiger partial charge is 0.342 e. The number of hydrogen-bond donors (Lipinski definition) is 4. The highest BCUT2D eigenvalue weighted by Crippen LogP contribution is 2.43. The van der Waals surface area contributed by atoms with Crippen molar-refractivity contribution in [2.75, 3.05) is 19.3 Å². The van der Waals surface area contributed by atoms with Gasteiger partial charge in [0.25, 0.3) is 0 Å². The fourth-order valence-electron chi connectivity index (χ4n) is 4.34. The summed E-state index contributed by atoms with van der Waals surface area (Å²) in [7, 11) is -3.50. The molecule has 0 bridgehead atoms. The Balaban J connectivity index is 1.63. The van der Waals surface area contributed by atoms with Crippen LogP contribution in [-0.4, -0.2) is 47.4 Å². The molecule has 1 aliphatic heterocycles. The van der Waals surface area contributed by atoms with Gasteiger partial charge in [-0.1, -0.05) is 36.8 Å². The molecule has 1 unspecified atom stereocenters. The first-order valence-corrected chi connectivity index (χ1v) is 14.1. The molecule has 0 aliphatic carbocycles. The van der Waals surface area contributed by atoms with Crippen LogP contribution >= 0.6 is 7.52 Å². The van der Waals surface area contributed by atoms with Crippen LogP contribution in [0.3, 0.4) is 0 Å². The molecule has 1 heterocycles. The third kappa shape index (κ3) is 7.01. The molecule has 2 aromatic carbocycles. The lowest BCUT2D eigenvalue weighted by Gasteiger charge is -2.23. The molecular formula is C27H35N2O7P. The number of cyclic esters (lactones) is 1. The van der Waals surface area contributed by atoms with Crippen LogP contribution in [0.25, 0.3) is 0 Å². The third-order valence-electron chi connectivity index (χ3n) is 6.40.